The van der Waals surface area contributed by atoms with Crippen LogP contribution >= 0.6 is 0 Å². The van der Waals surface area contributed by atoms with E-state index in [0.29, 0.717) is 13.0 Å². The Kier molecular flexibility index (Phi) is 6.95. The fraction of sp³-hybridized carbons (Fsp3) is 0.421. The first-order valence-corrected chi connectivity index (χ1v) is 8.78. The Labute approximate surface area is 160 Å². The van der Waals surface area contributed by atoms with Crippen molar-refractivity contribution < 1.29 is 22.7 Å². The maximum atomic E-state index is 13.3. The molecule has 1 heterocycles. The lowest BCUT2D eigenvalue weighted by molar-refractivity contribution is -0.137. The summed E-state index contributed by atoms with van der Waals surface area (Å²) < 4.78 is 46.2. The summed E-state index contributed by atoms with van der Waals surface area (Å²) in [5.41, 5.74) is -2.11. The Morgan fingerprint density at radius 3 is 2.61 bits per heavy atom. The van der Waals surface area contributed by atoms with Crippen molar-refractivity contribution in [3.05, 3.63) is 57.5 Å². The number of benzene rings is 1. The second kappa shape index (κ2) is 9.01. The van der Waals surface area contributed by atoms with E-state index in [1.165, 1.54) is 25.1 Å². The van der Waals surface area contributed by atoms with Crippen molar-refractivity contribution in [2.24, 2.45) is 0 Å². The first-order chi connectivity index (χ1) is 13.1. The average Bonchev–Trinajstić information content (AvgIpc) is 2.60. The van der Waals surface area contributed by atoms with Crippen LogP contribution in [-0.2, 0) is 10.9 Å². The molecule has 0 aliphatic carbocycles. The minimum Gasteiger partial charge on any atom is -0.379 e. The van der Waals surface area contributed by atoms with E-state index >= 15 is 0 Å². The molecule has 152 valence electrons. The molecule has 2 rings (SSSR count). The fourth-order valence-corrected chi connectivity index (χ4v) is 2.52. The molecule has 0 fully saturated rings. The summed E-state index contributed by atoms with van der Waals surface area (Å²) in [5, 5.41) is 6.44. The molecule has 0 spiro atoms. The number of halogens is 3. The number of para-hydroxylation sites is 1. The van der Waals surface area contributed by atoms with Crippen LogP contribution in [0.15, 0.2) is 35.1 Å². The van der Waals surface area contributed by atoms with Gasteiger partial charge in [0, 0.05) is 24.9 Å². The lowest BCUT2D eigenvalue weighted by atomic mass is 10.1. The first kappa shape index (κ1) is 21.6. The summed E-state index contributed by atoms with van der Waals surface area (Å²) in [5.74, 6) is -0.743. The summed E-state index contributed by atoms with van der Waals surface area (Å²) in [4.78, 5) is 24.4. The van der Waals surface area contributed by atoms with Crippen LogP contribution < -0.4 is 10.7 Å². The standard InChI is InChI=1S/C19H22F3N3O3/c1-12(2)28-10-6-9-23-18(27)17-16(26)11-13(3)25(24-17)15-8-5-4-7-14(15)19(20,21)22/h4-5,7-8,11-12H,6,9-10H2,1-3H3,(H,23,27). The number of nitrogens with zero attached hydrogens (tertiary/aromatic N) is 2. The molecule has 0 unspecified atom stereocenters. The molecule has 0 saturated carbocycles. The quantitative estimate of drug-likeness (QED) is 0.729. The third-order valence-corrected chi connectivity index (χ3v) is 3.82. The smallest absolute Gasteiger partial charge is 0.379 e. The normalized spacial score (nSPS) is 11.7. The number of nitrogens with one attached hydrogen (secondary N) is 1. The molecule has 28 heavy (non-hydrogen) atoms. The van der Waals surface area contributed by atoms with Crippen molar-refractivity contribution >= 4 is 5.91 Å². The van der Waals surface area contributed by atoms with Crippen molar-refractivity contribution in [2.75, 3.05) is 13.2 Å². The molecule has 0 bridgehead atoms. The third-order valence-electron chi connectivity index (χ3n) is 3.82. The number of aromatic nitrogens is 2. The number of ether oxygens (including phenoxy) is 1. The zero-order valence-corrected chi connectivity index (χ0v) is 15.8. The third kappa shape index (κ3) is 5.41. The molecule has 0 saturated heterocycles. The Bertz CT molecular complexity index is 892. The van der Waals surface area contributed by atoms with E-state index in [0.717, 1.165) is 16.8 Å². The zero-order chi connectivity index (χ0) is 20.9. The topological polar surface area (TPSA) is 73.2 Å². The van der Waals surface area contributed by atoms with E-state index < -0.39 is 28.8 Å². The Balaban J connectivity index is 2.29. The van der Waals surface area contributed by atoms with Crippen molar-refractivity contribution in [1.82, 2.24) is 15.1 Å². The monoisotopic (exact) mass is 397 g/mol. The zero-order valence-electron chi connectivity index (χ0n) is 15.8. The SMILES string of the molecule is Cc1cc(=O)c(C(=O)NCCCOC(C)C)nn1-c1ccccc1C(F)(F)F. The van der Waals surface area contributed by atoms with Crippen molar-refractivity contribution in [2.45, 2.75) is 39.5 Å². The van der Waals surface area contributed by atoms with Gasteiger partial charge in [0.2, 0.25) is 5.43 Å². The van der Waals surface area contributed by atoms with E-state index in [1.807, 2.05) is 13.8 Å². The van der Waals surface area contributed by atoms with Gasteiger partial charge in [-0.3, -0.25) is 9.59 Å². The van der Waals surface area contributed by atoms with Crippen LogP contribution in [0.25, 0.3) is 5.69 Å². The van der Waals surface area contributed by atoms with Crippen molar-refractivity contribution in [3.63, 3.8) is 0 Å². The number of carbonyl (C=O) groups excluding carboxylic acids is 1. The van der Waals surface area contributed by atoms with Gasteiger partial charge in [-0.25, -0.2) is 4.68 Å². The summed E-state index contributed by atoms with van der Waals surface area (Å²) in [6, 6.07) is 5.94. The molecule has 0 radical (unpaired) electrons. The van der Waals surface area contributed by atoms with Gasteiger partial charge >= 0.3 is 6.18 Å². The van der Waals surface area contributed by atoms with Gasteiger partial charge in [-0.05, 0) is 39.3 Å². The highest BCUT2D eigenvalue weighted by Crippen LogP contribution is 2.33. The molecule has 2 aromatic rings. The number of aryl methyl sites for hydroxylation is 1. The van der Waals surface area contributed by atoms with Gasteiger partial charge in [-0.1, -0.05) is 12.1 Å². The van der Waals surface area contributed by atoms with Gasteiger partial charge in [0.1, 0.15) is 0 Å². The number of hydrogen-bond donors (Lipinski definition) is 1. The second-order valence-electron chi connectivity index (χ2n) is 6.45. The van der Waals surface area contributed by atoms with Crippen LogP contribution in [0.4, 0.5) is 13.2 Å². The van der Waals surface area contributed by atoms with Gasteiger partial charge in [0.25, 0.3) is 5.91 Å². The van der Waals surface area contributed by atoms with E-state index in [-0.39, 0.29) is 24.0 Å². The van der Waals surface area contributed by atoms with Gasteiger partial charge in [0.15, 0.2) is 5.69 Å². The molecule has 0 aliphatic rings. The van der Waals surface area contributed by atoms with Crippen LogP contribution in [0.1, 0.15) is 42.0 Å². The lowest BCUT2D eigenvalue weighted by Crippen LogP contribution is -2.33. The van der Waals surface area contributed by atoms with Crippen LogP contribution in [0, 0.1) is 6.92 Å². The summed E-state index contributed by atoms with van der Waals surface area (Å²) >= 11 is 0. The fourth-order valence-electron chi connectivity index (χ4n) is 2.52. The summed E-state index contributed by atoms with van der Waals surface area (Å²) in [7, 11) is 0. The number of amides is 1. The van der Waals surface area contributed by atoms with E-state index in [1.54, 1.807) is 0 Å². The number of hydrogen-bond acceptors (Lipinski definition) is 4. The van der Waals surface area contributed by atoms with Crippen LogP contribution in [0.3, 0.4) is 0 Å². The second-order valence-corrected chi connectivity index (χ2v) is 6.45. The molecule has 9 heteroatoms. The highest BCUT2D eigenvalue weighted by atomic mass is 19.4. The number of rotatable bonds is 7. The number of carbonyl (C=O) groups is 1. The van der Waals surface area contributed by atoms with Crippen molar-refractivity contribution in [1.29, 1.82) is 0 Å². The number of alkyl halides is 3. The van der Waals surface area contributed by atoms with Crippen LogP contribution in [0.5, 0.6) is 0 Å². The van der Waals surface area contributed by atoms with Crippen molar-refractivity contribution in [3.8, 4) is 5.69 Å². The minimum atomic E-state index is -4.60. The predicted molar refractivity (Wildman–Crippen MR) is 97.6 cm³/mol. The van der Waals surface area contributed by atoms with Crippen LogP contribution in [-0.4, -0.2) is 34.9 Å². The van der Waals surface area contributed by atoms with E-state index in [2.05, 4.69) is 10.4 Å². The maximum Gasteiger partial charge on any atom is 0.418 e. The molecule has 6 nitrogen and oxygen atoms in total. The predicted octanol–water partition coefficient (Wildman–Crippen LogP) is 3.10. The molecule has 1 aromatic heterocycles. The van der Waals surface area contributed by atoms with E-state index in [9.17, 15) is 22.8 Å². The highest BCUT2D eigenvalue weighted by Gasteiger charge is 2.34. The Hall–Kier alpha value is -2.68. The molecular formula is C19H22F3N3O3. The van der Waals surface area contributed by atoms with E-state index in [4.69, 9.17) is 4.74 Å². The summed E-state index contributed by atoms with van der Waals surface area (Å²) in [6.45, 7) is 5.90. The lowest BCUT2D eigenvalue weighted by Gasteiger charge is -2.16. The van der Waals surface area contributed by atoms with Crippen LogP contribution in [0.2, 0.25) is 0 Å². The maximum absolute atomic E-state index is 13.3. The van der Waals surface area contributed by atoms with Gasteiger partial charge < -0.3 is 10.1 Å². The Morgan fingerprint density at radius 2 is 1.96 bits per heavy atom. The van der Waals surface area contributed by atoms with Gasteiger partial charge in [-0.15, -0.1) is 0 Å². The summed E-state index contributed by atoms with van der Waals surface area (Å²) in [6.07, 6.45) is -4.01. The molecule has 0 aliphatic heterocycles. The average molecular weight is 397 g/mol. The molecule has 1 amide bonds. The van der Waals surface area contributed by atoms with Gasteiger partial charge in [0.05, 0.1) is 17.4 Å². The van der Waals surface area contributed by atoms with Gasteiger partial charge in [-0.2, -0.15) is 18.3 Å². The molecule has 1 aromatic carbocycles. The molecule has 0 atom stereocenters. The molecule has 1 N–H and O–H groups in total. The highest BCUT2D eigenvalue weighted by molar-refractivity contribution is 5.92. The first-order valence-electron chi connectivity index (χ1n) is 8.78. The largest absolute Gasteiger partial charge is 0.418 e. The Morgan fingerprint density at radius 1 is 1.29 bits per heavy atom. The molecular weight excluding hydrogens is 375 g/mol. The minimum absolute atomic E-state index is 0.0652.